The van der Waals surface area contributed by atoms with E-state index in [-0.39, 0.29) is 24.4 Å². The van der Waals surface area contributed by atoms with Crippen LogP contribution < -0.4 is 10.6 Å². The fourth-order valence-corrected chi connectivity index (χ4v) is 3.32. The molecule has 9 heteroatoms. The van der Waals surface area contributed by atoms with Crippen LogP contribution in [0.4, 0.5) is 4.79 Å². The van der Waals surface area contributed by atoms with Crippen molar-refractivity contribution in [1.29, 1.82) is 0 Å². The number of nitrogens with zero attached hydrogens (tertiary/aromatic N) is 1. The average molecular weight is 472 g/mol. The fourth-order valence-electron chi connectivity index (χ4n) is 3.32. The summed E-state index contributed by atoms with van der Waals surface area (Å²) < 4.78 is 5.21. The Kier molecular flexibility index (Phi) is 9.44. The highest BCUT2D eigenvalue weighted by Gasteiger charge is 2.35. The van der Waals surface area contributed by atoms with E-state index in [0.29, 0.717) is 0 Å². The van der Waals surface area contributed by atoms with Gasteiger partial charge in [0, 0.05) is 18.7 Å². The van der Waals surface area contributed by atoms with E-state index in [9.17, 15) is 24.6 Å². The Morgan fingerprint density at radius 2 is 1.65 bits per heavy atom. The number of carbonyl (C=O) groups is 3. The van der Waals surface area contributed by atoms with Crippen molar-refractivity contribution >= 4 is 17.9 Å². The number of benzene rings is 2. The number of hydrogen-bond acceptors (Lipinski definition) is 6. The summed E-state index contributed by atoms with van der Waals surface area (Å²) in [6, 6.07) is 13.1. The van der Waals surface area contributed by atoms with Crippen molar-refractivity contribution in [1.82, 2.24) is 15.5 Å². The Hall–Kier alpha value is -3.59. The van der Waals surface area contributed by atoms with Crippen LogP contribution in [0.1, 0.15) is 44.9 Å². The molecule has 34 heavy (non-hydrogen) atoms. The van der Waals surface area contributed by atoms with Gasteiger partial charge in [-0.15, -0.1) is 0 Å². The summed E-state index contributed by atoms with van der Waals surface area (Å²) in [5.41, 5.74) is 0.291. The van der Waals surface area contributed by atoms with Crippen LogP contribution in [0, 0.1) is 0 Å². The van der Waals surface area contributed by atoms with E-state index >= 15 is 0 Å². The summed E-state index contributed by atoms with van der Waals surface area (Å²) in [4.78, 5) is 39.9. The molecule has 0 radical (unpaired) electrons. The Labute approximate surface area is 199 Å². The van der Waals surface area contributed by atoms with Gasteiger partial charge in [0.1, 0.15) is 23.4 Å². The van der Waals surface area contributed by atoms with Crippen molar-refractivity contribution in [3.05, 3.63) is 65.7 Å². The molecule has 2 rings (SSSR count). The molecule has 2 aromatic carbocycles. The number of aliphatic hydroxyl groups excluding tert-OH is 1. The van der Waals surface area contributed by atoms with Crippen molar-refractivity contribution in [3.63, 3.8) is 0 Å². The molecule has 2 aromatic rings. The maximum Gasteiger partial charge on any atom is 0.408 e. The first kappa shape index (κ1) is 26.7. The molecule has 0 aliphatic heterocycles. The lowest BCUT2D eigenvalue weighted by Crippen LogP contribution is -2.52. The monoisotopic (exact) mass is 471 g/mol. The molecule has 0 aromatic heterocycles. The number of rotatable bonds is 9. The summed E-state index contributed by atoms with van der Waals surface area (Å²) in [6.45, 7) is 6.13. The first-order valence-electron chi connectivity index (χ1n) is 11.0. The topological polar surface area (TPSA) is 128 Å². The lowest BCUT2D eigenvalue weighted by molar-refractivity contribution is -0.142. The zero-order valence-electron chi connectivity index (χ0n) is 19.9. The molecule has 2 atom stereocenters. The Bertz CT molecular complexity index is 974. The molecule has 0 saturated heterocycles. The minimum Gasteiger partial charge on any atom is -0.508 e. The average Bonchev–Trinajstić information content (AvgIpc) is 2.77. The molecular formula is C25H33N3O6. The van der Waals surface area contributed by atoms with Crippen LogP contribution in [0.2, 0.25) is 0 Å². The number of phenols is 1. The number of aliphatic hydroxyl groups is 1. The summed E-state index contributed by atoms with van der Waals surface area (Å²) >= 11 is 0. The van der Waals surface area contributed by atoms with E-state index in [0.717, 1.165) is 10.5 Å². The van der Waals surface area contributed by atoms with Gasteiger partial charge in [-0.3, -0.25) is 9.59 Å². The predicted molar refractivity (Wildman–Crippen MR) is 127 cm³/mol. The molecule has 0 heterocycles. The van der Waals surface area contributed by atoms with Crippen molar-refractivity contribution in [2.24, 2.45) is 0 Å². The SMILES string of the molecule is CC(NC(=O)OC(C)(C)C)C(=O)N(CCO)C(C(=O)NCc1ccccc1)c1ccccc1O. The van der Waals surface area contributed by atoms with Gasteiger partial charge in [0.05, 0.1) is 6.61 Å². The lowest BCUT2D eigenvalue weighted by atomic mass is 10.0. The number of carbonyl (C=O) groups excluding carboxylic acids is 3. The molecule has 0 aliphatic rings. The maximum atomic E-state index is 13.3. The molecule has 4 N–H and O–H groups in total. The zero-order valence-corrected chi connectivity index (χ0v) is 19.9. The molecule has 0 fully saturated rings. The molecule has 184 valence electrons. The Balaban J connectivity index is 2.32. The molecular weight excluding hydrogens is 438 g/mol. The van der Waals surface area contributed by atoms with E-state index in [4.69, 9.17) is 4.74 Å². The minimum absolute atomic E-state index is 0.175. The summed E-state index contributed by atoms with van der Waals surface area (Å²) in [5, 5.41) is 25.4. The van der Waals surface area contributed by atoms with E-state index in [1.165, 1.54) is 19.1 Å². The second kappa shape index (κ2) is 12.0. The van der Waals surface area contributed by atoms with Crippen LogP contribution in [0.25, 0.3) is 0 Å². The van der Waals surface area contributed by atoms with Gasteiger partial charge < -0.3 is 30.5 Å². The van der Waals surface area contributed by atoms with Gasteiger partial charge >= 0.3 is 6.09 Å². The number of nitrogens with one attached hydrogen (secondary N) is 2. The number of para-hydroxylation sites is 1. The normalized spacial score (nSPS) is 12.9. The highest BCUT2D eigenvalue weighted by molar-refractivity contribution is 5.92. The minimum atomic E-state index is -1.24. The smallest absolute Gasteiger partial charge is 0.408 e. The molecule has 0 saturated carbocycles. The Morgan fingerprint density at radius 3 is 2.24 bits per heavy atom. The first-order chi connectivity index (χ1) is 16.0. The van der Waals surface area contributed by atoms with E-state index in [1.807, 2.05) is 30.3 Å². The van der Waals surface area contributed by atoms with E-state index < -0.39 is 42.2 Å². The zero-order chi connectivity index (χ0) is 25.3. The van der Waals surface area contributed by atoms with Crippen molar-refractivity contribution in [3.8, 4) is 5.75 Å². The number of ether oxygens (including phenoxy) is 1. The van der Waals surface area contributed by atoms with Crippen LogP contribution in [-0.2, 0) is 20.9 Å². The second-order valence-electron chi connectivity index (χ2n) is 8.79. The van der Waals surface area contributed by atoms with Crippen molar-refractivity contribution in [2.75, 3.05) is 13.2 Å². The summed E-state index contributed by atoms with van der Waals surface area (Å²) in [5.74, 6) is -1.34. The highest BCUT2D eigenvalue weighted by Crippen LogP contribution is 2.29. The first-order valence-corrected chi connectivity index (χ1v) is 11.0. The van der Waals surface area contributed by atoms with Gasteiger partial charge in [0.15, 0.2) is 0 Å². The predicted octanol–water partition coefficient (Wildman–Crippen LogP) is 2.48. The number of phenolic OH excluding ortho intramolecular Hbond substituents is 1. The van der Waals surface area contributed by atoms with Gasteiger partial charge in [-0.2, -0.15) is 0 Å². The van der Waals surface area contributed by atoms with E-state index in [1.54, 1.807) is 32.9 Å². The number of alkyl carbamates (subject to hydrolysis) is 1. The third-order valence-electron chi connectivity index (χ3n) is 4.83. The standard InChI is InChI=1S/C25H33N3O6/c1-17(27-24(33)34-25(2,3)4)23(32)28(14-15-29)21(19-12-8-9-13-20(19)30)22(31)26-16-18-10-6-5-7-11-18/h5-13,17,21,29-30H,14-16H2,1-4H3,(H,26,31)(H,27,33). The number of hydrogen-bond donors (Lipinski definition) is 4. The lowest BCUT2D eigenvalue weighted by Gasteiger charge is -2.33. The maximum absolute atomic E-state index is 13.3. The Morgan fingerprint density at radius 1 is 1.03 bits per heavy atom. The van der Waals surface area contributed by atoms with Gasteiger partial charge in [0.2, 0.25) is 11.8 Å². The van der Waals surface area contributed by atoms with Crippen molar-refractivity contribution < 1.29 is 29.3 Å². The summed E-state index contributed by atoms with van der Waals surface area (Å²) in [7, 11) is 0. The van der Waals surface area contributed by atoms with Gasteiger partial charge in [-0.05, 0) is 39.3 Å². The largest absolute Gasteiger partial charge is 0.508 e. The van der Waals surface area contributed by atoms with Crippen LogP contribution in [0.3, 0.4) is 0 Å². The van der Waals surface area contributed by atoms with Crippen LogP contribution in [-0.4, -0.2) is 57.8 Å². The van der Waals surface area contributed by atoms with Crippen LogP contribution in [0.15, 0.2) is 54.6 Å². The van der Waals surface area contributed by atoms with Gasteiger partial charge in [0.25, 0.3) is 0 Å². The third kappa shape index (κ3) is 7.77. The van der Waals surface area contributed by atoms with Gasteiger partial charge in [-0.25, -0.2) is 4.79 Å². The highest BCUT2D eigenvalue weighted by atomic mass is 16.6. The number of amides is 3. The second-order valence-corrected chi connectivity index (χ2v) is 8.79. The quantitative estimate of drug-likeness (QED) is 0.445. The molecule has 0 aliphatic carbocycles. The molecule has 0 bridgehead atoms. The van der Waals surface area contributed by atoms with Crippen LogP contribution >= 0.6 is 0 Å². The summed E-state index contributed by atoms with van der Waals surface area (Å²) in [6.07, 6.45) is -0.787. The third-order valence-corrected chi connectivity index (χ3v) is 4.83. The van der Waals surface area contributed by atoms with Gasteiger partial charge in [-0.1, -0.05) is 48.5 Å². The van der Waals surface area contributed by atoms with E-state index in [2.05, 4.69) is 10.6 Å². The fraction of sp³-hybridized carbons (Fsp3) is 0.400. The molecule has 3 amide bonds. The molecule has 0 spiro atoms. The van der Waals surface area contributed by atoms with Crippen molar-refractivity contribution in [2.45, 2.75) is 51.9 Å². The van der Waals surface area contributed by atoms with Crippen LogP contribution in [0.5, 0.6) is 5.75 Å². The molecule has 2 unspecified atom stereocenters. The molecule has 9 nitrogen and oxygen atoms in total. The number of aromatic hydroxyl groups is 1.